The lowest BCUT2D eigenvalue weighted by atomic mass is 10.1. The van der Waals surface area contributed by atoms with Gasteiger partial charge in [-0.05, 0) is 30.9 Å². The second-order valence-corrected chi connectivity index (χ2v) is 6.38. The van der Waals surface area contributed by atoms with Gasteiger partial charge in [0.1, 0.15) is 5.52 Å². The van der Waals surface area contributed by atoms with E-state index in [-0.39, 0.29) is 13.3 Å². The summed E-state index contributed by atoms with van der Waals surface area (Å²) in [5.41, 5.74) is 2.61. The number of nitrogens with one attached hydrogen (secondary N) is 1. The fraction of sp³-hybridized carbons (Fsp3) is 0.588. The van der Waals surface area contributed by atoms with E-state index < -0.39 is 0 Å². The number of nitrogens with zero attached hydrogens (tertiary/aromatic N) is 3. The fourth-order valence-electron chi connectivity index (χ4n) is 2.28. The zero-order valence-corrected chi connectivity index (χ0v) is 13.5. The molecule has 1 N–H and O–H groups in total. The normalized spacial score (nSPS) is 11.0. The van der Waals surface area contributed by atoms with Crippen LogP contribution in [0.4, 0.5) is 5.95 Å². The van der Waals surface area contributed by atoms with Crippen molar-refractivity contribution in [3.63, 3.8) is 0 Å². The molecule has 0 unspecified atom stereocenters. The van der Waals surface area contributed by atoms with Crippen molar-refractivity contribution in [2.75, 3.05) is 5.32 Å². The SMILES string of the molecule is C.Cc1ccc2nc(NC(=O)CC(C)C)n(CC(C)C)c2n1. The van der Waals surface area contributed by atoms with Crippen molar-refractivity contribution in [3.05, 3.63) is 17.8 Å². The maximum absolute atomic E-state index is 12.0. The summed E-state index contributed by atoms with van der Waals surface area (Å²) in [6, 6.07) is 3.89. The molecule has 5 heteroatoms. The van der Waals surface area contributed by atoms with Gasteiger partial charge in [-0.2, -0.15) is 0 Å². The number of carbonyl (C=O) groups excluding carboxylic acids is 1. The lowest BCUT2D eigenvalue weighted by molar-refractivity contribution is -0.116. The predicted molar refractivity (Wildman–Crippen MR) is 91.9 cm³/mol. The maximum atomic E-state index is 12.0. The number of anilines is 1. The van der Waals surface area contributed by atoms with Crippen LogP contribution in [0.15, 0.2) is 12.1 Å². The Morgan fingerprint density at radius 3 is 2.45 bits per heavy atom. The summed E-state index contributed by atoms with van der Waals surface area (Å²) in [5, 5.41) is 2.93. The predicted octanol–water partition coefficient (Wildman–Crippen LogP) is 4.02. The van der Waals surface area contributed by atoms with E-state index in [0.29, 0.717) is 24.2 Å². The highest BCUT2D eigenvalue weighted by molar-refractivity contribution is 5.91. The minimum atomic E-state index is 0. The van der Waals surface area contributed by atoms with Gasteiger partial charge in [0.2, 0.25) is 11.9 Å². The molecule has 22 heavy (non-hydrogen) atoms. The standard InChI is InChI=1S/C16H24N4O.CH4/c1-10(2)8-14(21)19-16-18-13-7-6-12(5)17-15(13)20(16)9-11(3)4;/h6-7,10-11H,8-9H2,1-5H3,(H,18,19,21);1H4. The molecule has 0 atom stereocenters. The van der Waals surface area contributed by atoms with Crippen molar-refractivity contribution < 1.29 is 4.79 Å². The highest BCUT2D eigenvalue weighted by Gasteiger charge is 2.16. The molecule has 0 aliphatic rings. The summed E-state index contributed by atoms with van der Waals surface area (Å²) in [6.07, 6.45) is 0.497. The maximum Gasteiger partial charge on any atom is 0.226 e. The largest absolute Gasteiger partial charge is 0.296 e. The molecule has 0 aliphatic heterocycles. The van der Waals surface area contributed by atoms with Crippen molar-refractivity contribution >= 4 is 23.0 Å². The van der Waals surface area contributed by atoms with Crippen LogP contribution in [-0.4, -0.2) is 20.4 Å². The van der Waals surface area contributed by atoms with Crippen molar-refractivity contribution in [1.82, 2.24) is 14.5 Å². The summed E-state index contributed by atoms with van der Waals surface area (Å²) < 4.78 is 2.01. The second kappa shape index (κ2) is 7.38. The number of rotatable bonds is 5. The van der Waals surface area contributed by atoms with Gasteiger partial charge in [0.05, 0.1) is 0 Å². The van der Waals surface area contributed by atoms with E-state index >= 15 is 0 Å². The smallest absolute Gasteiger partial charge is 0.226 e. The average Bonchev–Trinajstić information content (AvgIpc) is 2.65. The van der Waals surface area contributed by atoms with Gasteiger partial charge in [0, 0.05) is 18.7 Å². The molecule has 2 aromatic heterocycles. The van der Waals surface area contributed by atoms with E-state index in [1.165, 1.54) is 0 Å². The zero-order valence-electron chi connectivity index (χ0n) is 13.5. The first kappa shape index (κ1) is 18.1. The first-order chi connectivity index (χ1) is 9.86. The Morgan fingerprint density at radius 2 is 1.86 bits per heavy atom. The molecule has 0 bridgehead atoms. The van der Waals surface area contributed by atoms with E-state index in [2.05, 4.69) is 29.1 Å². The van der Waals surface area contributed by atoms with Crippen LogP contribution in [0.1, 0.15) is 47.2 Å². The molecule has 0 radical (unpaired) electrons. The molecule has 122 valence electrons. The van der Waals surface area contributed by atoms with Gasteiger partial charge in [0.25, 0.3) is 0 Å². The van der Waals surface area contributed by atoms with E-state index in [9.17, 15) is 4.79 Å². The molecule has 0 fully saturated rings. The Morgan fingerprint density at radius 1 is 1.18 bits per heavy atom. The van der Waals surface area contributed by atoms with Gasteiger partial charge >= 0.3 is 0 Å². The number of aromatic nitrogens is 3. The molecule has 0 aromatic carbocycles. The first-order valence-electron chi connectivity index (χ1n) is 7.50. The first-order valence-corrected chi connectivity index (χ1v) is 7.50. The van der Waals surface area contributed by atoms with Crippen LogP contribution in [0.25, 0.3) is 11.2 Å². The highest BCUT2D eigenvalue weighted by atomic mass is 16.1. The van der Waals surface area contributed by atoms with Gasteiger partial charge in [0.15, 0.2) is 5.65 Å². The van der Waals surface area contributed by atoms with Crippen molar-refractivity contribution in [3.8, 4) is 0 Å². The van der Waals surface area contributed by atoms with Crippen molar-refractivity contribution in [2.24, 2.45) is 11.8 Å². The van der Waals surface area contributed by atoms with Crippen LogP contribution in [-0.2, 0) is 11.3 Å². The minimum absolute atomic E-state index is 0. The lowest BCUT2D eigenvalue weighted by Gasteiger charge is -2.12. The molecule has 2 heterocycles. The van der Waals surface area contributed by atoms with Crippen LogP contribution >= 0.6 is 0 Å². The summed E-state index contributed by atoms with van der Waals surface area (Å²) >= 11 is 0. The third kappa shape index (κ3) is 4.29. The molecular weight excluding hydrogens is 276 g/mol. The van der Waals surface area contributed by atoms with Crippen LogP contribution in [0.5, 0.6) is 0 Å². The highest BCUT2D eigenvalue weighted by Crippen LogP contribution is 2.20. The number of hydrogen-bond donors (Lipinski definition) is 1. The number of fused-ring (bicyclic) bond motifs is 1. The molecule has 0 saturated heterocycles. The van der Waals surface area contributed by atoms with Gasteiger partial charge < -0.3 is 0 Å². The number of pyridine rings is 1. The number of imidazole rings is 1. The molecule has 2 rings (SSSR count). The third-order valence-electron chi connectivity index (χ3n) is 3.12. The number of carbonyl (C=O) groups is 1. The molecule has 1 amide bonds. The second-order valence-electron chi connectivity index (χ2n) is 6.38. The number of hydrogen-bond acceptors (Lipinski definition) is 3. The van der Waals surface area contributed by atoms with E-state index in [0.717, 1.165) is 23.4 Å². The summed E-state index contributed by atoms with van der Waals surface area (Å²) in [5.74, 6) is 1.38. The summed E-state index contributed by atoms with van der Waals surface area (Å²) in [4.78, 5) is 21.1. The zero-order chi connectivity index (χ0) is 15.6. The van der Waals surface area contributed by atoms with Gasteiger partial charge in [-0.1, -0.05) is 35.1 Å². The Bertz CT molecular complexity index is 643. The summed E-state index contributed by atoms with van der Waals surface area (Å²) in [6.45, 7) is 11.1. The van der Waals surface area contributed by atoms with E-state index in [1.807, 2.05) is 37.5 Å². The number of aryl methyl sites for hydroxylation is 1. The van der Waals surface area contributed by atoms with Gasteiger partial charge in [-0.25, -0.2) is 9.97 Å². The molecular formula is C17H28N4O. The third-order valence-corrected chi connectivity index (χ3v) is 3.12. The van der Waals surface area contributed by atoms with Crippen molar-refractivity contribution in [2.45, 2.75) is 55.0 Å². The summed E-state index contributed by atoms with van der Waals surface area (Å²) in [7, 11) is 0. The van der Waals surface area contributed by atoms with Crippen LogP contribution in [0.3, 0.4) is 0 Å². The van der Waals surface area contributed by atoms with Crippen LogP contribution in [0.2, 0.25) is 0 Å². The molecule has 0 spiro atoms. The molecule has 0 aliphatic carbocycles. The molecule has 5 nitrogen and oxygen atoms in total. The Kier molecular flexibility index (Phi) is 6.09. The van der Waals surface area contributed by atoms with Crippen LogP contribution in [0, 0.1) is 18.8 Å². The fourth-order valence-corrected chi connectivity index (χ4v) is 2.28. The molecule has 0 saturated carbocycles. The number of amides is 1. The Balaban J connectivity index is 0.00000242. The van der Waals surface area contributed by atoms with Crippen molar-refractivity contribution in [1.29, 1.82) is 0 Å². The monoisotopic (exact) mass is 304 g/mol. The molecule has 2 aromatic rings. The topological polar surface area (TPSA) is 59.8 Å². The Labute approximate surface area is 133 Å². The Hall–Kier alpha value is -1.91. The van der Waals surface area contributed by atoms with Crippen LogP contribution < -0.4 is 5.32 Å². The van der Waals surface area contributed by atoms with Gasteiger partial charge in [-0.15, -0.1) is 0 Å². The lowest BCUT2D eigenvalue weighted by Crippen LogP contribution is -2.18. The minimum Gasteiger partial charge on any atom is -0.296 e. The van der Waals surface area contributed by atoms with Gasteiger partial charge in [-0.3, -0.25) is 14.7 Å². The quantitative estimate of drug-likeness (QED) is 0.907. The average molecular weight is 304 g/mol. The van der Waals surface area contributed by atoms with E-state index in [1.54, 1.807) is 0 Å². The van der Waals surface area contributed by atoms with E-state index in [4.69, 9.17) is 0 Å².